The van der Waals surface area contributed by atoms with Crippen molar-refractivity contribution in [3.05, 3.63) is 35.2 Å². The summed E-state index contributed by atoms with van der Waals surface area (Å²) in [5.41, 5.74) is 8.18. The van der Waals surface area contributed by atoms with E-state index in [2.05, 4.69) is 21.1 Å². The topological polar surface area (TPSA) is 106 Å². The monoisotopic (exact) mass is 327 g/mol. The molecule has 0 spiro atoms. The number of carbonyl (C=O) groups excluding carboxylic acids is 1. The Hall–Kier alpha value is -2.66. The van der Waals surface area contributed by atoms with E-state index in [1.54, 1.807) is 11.0 Å². The molecule has 1 saturated heterocycles. The number of aromatic nitrogens is 4. The van der Waals surface area contributed by atoms with Crippen molar-refractivity contribution >= 4 is 5.91 Å². The molecule has 8 heteroatoms. The van der Waals surface area contributed by atoms with Crippen molar-refractivity contribution in [1.29, 1.82) is 5.26 Å². The lowest BCUT2D eigenvalue weighted by molar-refractivity contribution is 0.0989. The summed E-state index contributed by atoms with van der Waals surface area (Å²) in [7, 11) is 1.91. The highest BCUT2D eigenvalue weighted by Gasteiger charge is 2.24. The summed E-state index contributed by atoms with van der Waals surface area (Å²) in [4.78, 5) is 17.5. The third-order valence-corrected chi connectivity index (χ3v) is 4.73. The molecule has 8 nitrogen and oxygen atoms in total. The number of nitrogens with two attached hydrogens (primary N) is 1. The second-order valence-corrected chi connectivity index (χ2v) is 6.25. The maximum absolute atomic E-state index is 11.1. The highest BCUT2D eigenvalue weighted by molar-refractivity contribution is 5.88. The second kappa shape index (κ2) is 6.45. The summed E-state index contributed by atoms with van der Waals surface area (Å²) in [6, 6.07) is 4.36. The zero-order valence-electron chi connectivity index (χ0n) is 13.9. The molecule has 1 fully saturated rings. The predicted octanol–water partition coefficient (Wildman–Crippen LogP) is 0.733. The van der Waals surface area contributed by atoms with Crippen LogP contribution in [-0.4, -0.2) is 43.2 Å². The predicted molar refractivity (Wildman–Crippen MR) is 87.0 cm³/mol. The average Bonchev–Trinajstić information content (AvgIpc) is 3.16. The molecule has 3 rings (SSSR count). The van der Waals surface area contributed by atoms with Crippen molar-refractivity contribution in [2.75, 3.05) is 13.1 Å². The smallest absolute Gasteiger partial charge is 0.288 e. The lowest BCUT2D eigenvalue weighted by Gasteiger charge is -2.32. The summed E-state index contributed by atoms with van der Waals surface area (Å²) in [6.45, 7) is 4.67. The largest absolute Gasteiger partial charge is 0.363 e. The van der Waals surface area contributed by atoms with E-state index in [1.165, 1.54) is 5.56 Å². The Balaban J connectivity index is 1.72. The highest BCUT2D eigenvalue weighted by Crippen LogP contribution is 2.24. The van der Waals surface area contributed by atoms with Gasteiger partial charge >= 0.3 is 0 Å². The van der Waals surface area contributed by atoms with Crippen LogP contribution in [0.1, 0.15) is 46.5 Å². The lowest BCUT2D eigenvalue weighted by Crippen LogP contribution is -2.36. The fraction of sp³-hybridized carbons (Fsp3) is 0.500. The first-order valence-electron chi connectivity index (χ1n) is 7.98. The molecule has 0 bridgehead atoms. The Morgan fingerprint density at radius 3 is 2.96 bits per heavy atom. The third kappa shape index (κ3) is 3.03. The van der Waals surface area contributed by atoms with Crippen LogP contribution in [0.2, 0.25) is 0 Å². The Morgan fingerprint density at radius 2 is 2.33 bits per heavy atom. The molecule has 1 amide bonds. The van der Waals surface area contributed by atoms with Crippen molar-refractivity contribution in [1.82, 2.24) is 24.2 Å². The second-order valence-electron chi connectivity index (χ2n) is 6.25. The van der Waals surface area contributed by atoms with Crippen LogP contribution < -0.4 is 5.73 Å². The number of hydrogen-bond acceptors (Lipinski definition) is 5. The van der Waals surface area contributed by atoms with Crippen LogP contribution in [0, 0.1) is 18.3 Å². The van der Waals surface area contributed by atoms with Gasteiger partial charge in [-0.25, -0.2) is 9.67 Å². The molecule has 2 aromatic heterocycles. The van der Waals surface area contributed by atoms with Crippen molar-refractivity contribution < 1.29 is 4.79 Å². The summed E-state index contributed by atoms with van der Waals surface area (Å²) < 4.78 is 3.66. The van der Waals surface area contributed by atoms with E-state index >= 15 is 0 Å². The Bertz CT molecular complexity index is 798. The number of hydrogen-bond donors (Lipinski definition) is 1. The van der Waals surface area contributed by atoms with E-state index in [9.17, 15) is 4.79 Å². The van der Waals surface area contributed by atoms with Gasteiger partial charge in [0.1, 0.15) is 18.1 Å². The molecule has 0 unspecified atom stereocenters. The van der Waals surface area contributed by atoms with Crippen LogP contribution in [0.5, 0.6) is 0 Å². The van der Waals surface area contributed by atoms with Crippen LogP contribution in [0.25, 0.3) is 0 Å². The van der Waals surface area contributed by atoms with Crippen LogP contribution in [0.4, 0.5) is 0 Å². The molecule has 126 valence electrons. The first-order chi connectivity index (χ1) is 11.5. The van der Waals surface area contributed by atoms with E-state index in [0.717, 1.165) is 38.2 Å². The van der Waals surface area contributed by atoms with E-state index < -0.39 is 5.91 Å². The first-order valence-corrected chi connectivity index (χ1v) is 7.98. The molecule has 2 aromatic rings. The van der Waals surface area contributed by atoms with E-state index in [1.807, 2.05) is 24.6 Å². The zero-order chi connectivity index (χ0) is 17.3. The molecule has 0 aliphatic carbocycles. The van der Waals surface area contributed by atoms with Crippen molar-refractivity contribution in [2.24, 2.45) is 12.8 Å². The summed E-state index contributed by atoms with van der Waals surface area (Å²) in [5, 5.41) is 13.3. The normalized spacial score (nSPS) is 18.5. The quantitative estimate of drug-likeness (QED) is 0.891. The number of amides is 1. The van der Waals surface area contributed by atoms with Gasteiger partial charge in [-0.1, -0.05) is 0 Å². The number of carbonyl (C=O) groups is 1. The minimum atomic E-state index is -0.606. The fourth-order valence-corrected chi connectivity index (χ4v) is 3.22. The fourth-order valence-electron chi connectivity index (χ4n) is 3.22. The molecule has 2 N–H and O–H groups in total. The standard InChI is InChI=1S/C16H21N7O/c1-11-12(6-14(7-17)21(11)2)8-22-5-3-4-13(9-22)23-10-19-16(20-23)15(18)24/h6,10,13H,3-5,8-9H2,1-2H3,(H2,18,24)/t13-/m0/s1. The van der Waals surface area contributed by atoms with Crippen molar-refractivity contribution in [2.45, 2.75) is 32.4 Å². The number of rotatable bonds is 4. The number of nitrogens with zero attached hydrogens (tertiary/aromatic N) is 6. The average molecular weight is 327 g/mol. The Labute approximate surface area is 140 Å². The van der Waals surface area contributed by atoms with Gasteiger partial charge in [0.2, 0.25) is 5.82 Å². The minimum absolute atomic E-state index is 0.0599. The van der Waals surface area contributed by atoms with Gasteiger partial charge in [-0.2, -0.15) is 5.26 Å². The maximum atomic E-state index is 11.1. The minimum Gasteiger partial charge on any atom is -0.363 e. The van der Waals surface area contributed by atoms with Crippen LogP contribution in [0.3, 0.4) is 0 Å². The Morgan fingerprint density at radius 1 is 1.54 bits per heavy atom. The summed E-state index contributed by atoms with van der Waals surface area (Å²) in [5.74, 6) is -0.546. The van der Waals surface area contributed by atoms with Gasteiger partial charge in [0.15, 0.2) is 0 Å². The summed E-state index contributed by atoms with van der Waals surface area (Å²) in [6.07, 6.45) is 3.62. The summed E-state index contributed by atoms with van der Waals surface area (Å²) >= 11 is 0. The molecule has 0 saturated carbocycles. The molecule has 24 heavy (non-hydrogen) atoms. The van der Waals surface area contributed by atoms with Crippen molar-refractivity contribution in [3.8, 4) is 6.07 Å². The van der Waals surface area contributed by atoms with Gasteiger partial charge in [-0.15, -0.1) is 5.10 Å². The third-order valence-electron chi connectivity index (χ3n) is 4.73. The molecular weight excluding hydrogens is 306 g/mol. The molecule has 1 atom stereocenters. The highest BCUT2D eigenvalue weighted by atomic mass is 16.1. The van der Waals surface area contributed by atoms with Gasteiger partial charge in [-0.3, -0.25) is 9.69 Å². The molecule has 0 aromatic carbocycles. The Kier molecular flexibility index (Phi) is 4.36. The van der Waals surface area contributed by atoms with Crippen LogP contribution in [-0.2, 0) is 13.6 Å². The number of primary amides is 1. The van der Waals surface area contributed by atoms with Gasteiger partial charge < -0.3 is 10.3 Å². The lowest BCUT2D eigenvalue weighted by atomic mass is 10.1. The molecule has 1 aliphatic heterocycles. The van der Waals surface area contributed by atoms with Crippen LogP contribution >= 0.6 is 0 Å². The van der Waals surface area contributed by atoms with Gasteiger partial charge in [-0.05, 0) is 37.9 Å². The van der Waals surface area contributed by atoms with Gasteiger partial charge in [0.25, 0.3) is 5.91 Å². The van der Waals surface area contributed by atoms with Gasteiger partial charge in [0.05, 0.1) is 6.04 Å². The van der Waals surface area contributed by atoms with E-state index in [0.29, 0.717) is 5.69 Å². The molecule has 1 aliphatic rings. The van der Waals surface area contributed by atoms with Crippen LogP contribution in [0.15, 0.2) is 12.4 Å². The first kappa shape index (κ1) is 16.2. The number of nitriles is 1. The number of piperidine rings is 1. The van der Waals surface area contributed by atoms with E-state index in [-0.39, 0.29) is 11.9 Å². The number of likely N-dealkylation sites (tertiary alicyclic amines) is 1. The van der Waals surface area contributed by atoms with E-state index in [4.69, 9.17) is 11.0 Å². The maximum Gasteiger partial charge on any atom is 0.288 e. The van der Waals surface area contributed by atoms with Crippen molar-refractivity contribution in [3.63, 3.8) is 0 Å². The SMILES string of the molecule is Cc1c(CN2CCC[C@H](n3cnc(C(N)=O)n3)C2)cc(C#N)n1C. The molecule has 0 radical (unpaired) electrons. The molecular formula is C16H21N7O. The van der Waals surface area contributed by atoms with Gasteiger partial charge in [0, 0.05) is 25.8 Å². The zero-order valence-corrected chi connectivity index (χ0v) is 13.9. The molecule has 3 heterocycles.